The molecule has 144 valence electrons. The third-order valence-corrected chi connectivity index (χ3v) is 5.24. The summed E-state index contributed by atoms with van der Waals surface area (Å²) in [5, 5.41) is 0. The van der Waals surface area contributed by atoms with E-state index in [0.29, 0.717) is 0 Å². The van der Waals surface area contributed by atoms with Crippen LogP contribution in [0.1, 0.15) is 39.5 Å². The van der Waals surface area contributed by atoms with Crippen LogP contribution in [0.4, 0.5) is 0 Å². The van der Waals surface area contributed by atoms with Gasteiger partial charge in [0.05, 0.1) is 13.2 Å². The first-order valence-electron chi connectivity index (χ1n) is 10.2. The van der Waals surface area contributed by atoms with Crippen LogP contribution in [-0.2, 0) is 4.74 Å². The van der Waals surface area contributed by atoms with E-state index in [2.05, 4.69) is 39.6 Å². The molecule has 2 saturated heterocycles. The molecule has 0 radical (unpaired) electrons. The molecule has 0 atom stereocenters. The van der Waals surface area contributed by atoms with E-state index in [4.69, 9.17) is 4.74 Å². The van der Waals surface area contributed by atoms with Gasteiger partial charge in [-0.15, -0.1) is 0 Å². The van der Waals surface area contributed by atoms with Gasteiger partial charge in [0, 0.05) is 59.4 Å². The summed E-state index contributed by atoms with van der Waals surface area (Å²) in [5.74, 6) is 1.18. The average Bonchev–Trinajstić information content (AvgIpc) is 2.66. The Morgan fingerprint density at radius 1 is 0.880 bits per heavy atom. The molecule has 2 aliphatic rings. The lowest BCUT2D eigenvalue weighted by Gasteiger charge is -2.37. The van der Waals surface area contributed by atoms with Crippen molar-refractivity contribution in [2.45, 2.75) is 39.5 Å². The minimum Gasteiger partial charge on any atom is -0.379 e. The molecule has 0 saturated carbocycles. The van der Waals surface area contributed by atoms with Crippen LogP contribution in [0, 0.1) is 0 Å². The molecule has 0 unspecified atom stereocenters. The fourth-order valence-corrected chi connectivity index (χ4v) is 3.70. The summed E-state index contributed by atoms with van der Waals surface area (Å²) in [6, 6.07) is 0. The second-order valence-electron chi connectivity index (χ2n) is 7.17. The van der Waals surface area contributed by atoms with Gasteiger partial charge in [-0.1, -0.05) is 32.3 Å². The fraction of sp³-hybridized carbons (Fsp3) is 0.850. The van der Waals surface area contributed by atoms with Crippen molar-refractivity contribution in [3.05, 3.63) is 11.6 Å². The maximum absolute atomic E-state index is 5.43. The van der Waals surface area contributed by atoms with E-state index < -0.39 is 0 Å². The minimum absolute atomic E-state index is 0.897. The van der Waals surface area contributed by atoms with E-state index in [1.807, 2.05) is 7.05 Å². The summed E-state index contributed by atoms with van der Waals surface area (Å²) < 4.78 is 5.43. The molecule has 2 fully saturated rings. The zero-order valence-corrected chi connectivity index (χ0v) is 16.7. The first kappa shape index (κ1) is 20.4. The van der Waals surface area contributed by atoms with Crippen LogP contribution in [0.25, 0.3) is 0 Å². The van der Waals surface area contributed by atoms with Gasteiger partial charge in [-0.05, 0) is 18.9 Å². The zero-order valence-electron chi connectivity index (χ0n) is 16.7. The lowest BCUT2D eigenvalue weighted by molar-refractivity contribution is 0.0315. The number of rotatable bonds is 8. The Hall–Kier alpha value is -0.910. The SMILES string of the molecule is CCCC(=CC(=NC)N1CCN(CCN2CCOCC2)CC1)CCC. The highest BCUT2D eigenvalue weighted by Crippen LogP contribution is 2.14. The van der Waals surface area contributed by atoms with Crippen LogP contribution in [-0.4, -0.2) is 93.2 Å². The first-order valence-corrected chi connectivity index (χ1v) is 10.2. The smallest absolute Gasteiger partial charge is 0.123 e. The number of piperazine rings is 1. The molecule has 0 aromatic carbocycles. The molecule has 0 aromatic rings. The van der Waals surface area contributed by atoms with Crippen molar-refractivity contribution in [2.75, 3.05) is 72.6 Å². The lowest BCUT2D eigenvalue weighted by atomic mass is 10.0. The number of ether oxygens (including phenoxy) is 1. The van der Waals surface area contributed by atoms with E-state index >= 15 is 0 Å². The Kier molecular flexibility index (Phi) is 9.51. The number of hydrogen-bond donors (Lipinski definition) is 0. The van der Waals surface area contributed by atoms with E-state index in [9.17, 15) is 0 Å². The molecule has 2 heterocycles. The van der Waals surface area contributed by atoms with Gasteiger partial charge < -0.3 is 9.64 Å². The number of allylic oxidation sites excluding steroid dienone is 1. The highest BCUT2D eigenvalue weighted by molar-refractivity contribution is 5.93. The van der Waals surface area contributed by atoms with Gasteiger partial charge in [0.25, 0.3) is 0 Å². The maximum atomic E-state index is 5.43. The predicted molar refractivity (Wildman–Crippen MR) is 107 cm³/mol. The normalized spacial score (nSPS) is 20.8. The molecule has 0 aliphatic carbocycles. The van der Waals surface area contributed by atoms with E-state index in [-0.39, 0.29) is 0 Å². The molecule has 0 spiro atoms. The van der Waals surface area contributed by atoms with Crippen LogP contribution in [0.2, 0.25) is 0 Å². The Morgan fingerprint density at radius 2 is 1.44 bits per heavy atom. The van der Waals surface area contributed by atoms with E-state index in [0.717, 1.165) is 52.5 Å². The summed E-state index contributed by atoms with van der Waals surface area (Å²) in [6.07, 6.45) is 7.20. The summed E-state index contributed by atoms with van der Waals surface area (Å²) in [5.41, 5.74) is 1.56. The molecule has 5 heteroatoms. The second kappa shape index (κ2) is 11.7. The maximum Gasteiger partial charge on any atom is 0.123 e. The van der Waals surface area contributed by atoms with Crippen LogP contribution >= 0.6 is 0 Å². The molecule has 2 rings (SSSR count). The molecule has 25 heavy (non-hydrogen) atoms. The van der Waals surface area contributed by atoms with Gasteiger partial charge in [0.2, 0.25) is 0 Å². The third-order valence-electron chi connectivity index (χ3n) is 5.24. The van der Waals surface area contributed by atoms with Crippen LogP contribution in [0.5, 0.6) is 0 Å². The standard InChI is InChI=1S/C20H38N4O/c1-4-6-19(7-5-2)18-20(21-3)24-12-10-22(11-13-24)8-9-23-14-16-25-17-15-23/h18H,4-17H2,1-3H3. The van der Waals surface area contributed by atoms with Crippen LogP contribution < -0.4 is 0 Å². The molecular weight excluding hydrogens is 312 g/mol. The predicted octanol–water partition coefficient (Wildman–Crippen LogP) is 2.49. The first-order chi connectivity index (χ1) is 12.3. The van der Waals surface area contributed by atoms with Gasteiger partial charge in [0.1, 0.15) is 5.84 Å². The Balaban J connectivity index is 1.77. The topological polar surface area (TPSA) is 31.3 Å². The molecule has 2 aliphatic heterocycles. The minimum atomic E-state index is 0.897. The van der Waals surface area contributed by atoms with Gasteiger partial charge >= 0.3 is 0 Å². The summed E-state index contributed by atoms with van der Waals surface area (Å²) in [6.45, 7) is 15.3. The van der Waals surface area contributed by atoms with Crippen LogP contribution in [0.3, 0.4) is 0 Å². The summed E-state index contributed by atoms with van der Waals surface area (Å²) >= 11 is 0. The van der Waals surface area contributed by atoms with Crippen molar-refractivity contribution in [1.29, 1.82) is 0 Å². The summed E-state index contributed by atoms with van der Waals surface area (Å²) in [7, 11) is 1.94. The number of hydrogen-bond acceptors (Lipinski definition) is 4. The molecule has 5 nitrogen and oxygen atoms in total. The van der Waals surface area contributed by atoms with Crippen molar-refractivity contribution in [1.82, 2.24) is 14.7 Å². The molecule has 0 N–H and O–H groups in total. The zero-order chi connectivity index (χ0) is 17.9. The fourth-order valence-electron chi connectivity index (χ4n) is 3.70. The largest absolute Gasteiger partial charge is 0.379 e. The molecule has 0 amide bonds. The van der Waals surface area contributed by atoms with E-state index in [1.165, 1.54) is 44.6 Å². The second-order valence-corrected chi connectivity index (χ2v) is 7.17. The Morgan fingerprint density at radius 3 is 1.96 bits per heavy atom. The molecule has 0 aromatic heterocycles. The highest BCUT2D eigenvalue weighted by atomic mass is 16.5. The molecule has 0 bridgehead atoms. The molecular formula is C20H38N4O. The van der Waals surface area contributed by atoms with E-state index in [1.54, 1.807) is 5.57 Å². The van der Waals surface area contributed by atoms with Crippen molar-refractivity contribution >= 4 is 5.84 Å². The quantitative estimate of drug-likeness (QED) is 0.497. The highest BCUT2D eigenvalue weighted by Gasteiger charge is 2.19. The van der Waals surface area contributed by atoms with Crippen molar-refractivity contribution < 1.29 is 4.74 Å². The van der Waals surface area contributed by atoms with Crippen molar-refractivity contribution in [3.8, 4) is 0 Å². The van der Waals surface area contributed by atoms with Gasteiger partial charge in [0.15, 0.2) is 0 Å². The van der Waals surface area contributed by atoms with Crippen LogP contribution in [0.15, 0.2) is 16.6 Å². The Bertz CT molecular complexity index is 413. The van der Waals surface area contributed by atoms with Gasteiger partial charge in [-0.25, -0.2) is 0 Å². The van der Waals surface area contributed by atoms with Crippen molar-refractivity contribution in [3.63, 3.8) is 0 Å². The van der Waals surface area contributed by atoms with Crippen molar-refractivity contribution in [2.24, 2.45) is 4.99 Å². The monoisotopic (exact) mass is 350 g/mol. The number of aliphatic imine (C=N–C) groups is 1. The number of amidine groups is 1. The third kappa shape index (κ3) is 7.08. The summed E-state index contributed by atoms with van der Waals surface area (Å²) in [4.78, 5) is 12.2. The number of morpholine rings is 1. The van der Waals surface area contributed by atoms with Gasteiger partial charge in [-0.3, -0.25) is 14.8 Å². The van der Waals surface area contributed by atoms with Gasteiger partial charge in [-0.2, -0.15) is 0 Å². The Labute approximate surface area is 154 Å². The lowest BCUT2D eigenvalue weighted by Crippen LogP contribution is -2.50. The average molecular weight is 351 g/mol. The number of nitrogens with zero attached hydrogens (tertiary/aromatic N) is 4.